The zero-order valence-electron chi connectivity index (χ0n) is 12.7. The fraction of sp³-hybridized carbons (Fsp3) is 0.125. The van der Waals surface area contributed by atoms with E-state index in [1.165, 1.54) is 0 Å². The van der Waals surface area contributed by atoms with Gasteiger partial charge in [-0.2, -0.15) is 4.31 Å². The van der Waals surface area contributed by atoms with E-state index >= 15 is 0 Å². The molecule has 1 heterocycles. The highest BCUT2D eigenvalue weighted by Crippen LogP contribution is 2.34. The van der Waals surface area contributed by atoms with Crippen LogP contribution in [-0.4, -0.2) is 30.7 Å². The summed E-state index contributed by atoms with van der Waals surface area (Å²) in [6.07, 6.45) is 1.76. The molecule has 0 N–H and O–H groups in total. The van der Waals surface area contributed by atoms with Crippen LogP contribution in [0.4, 0.5) is 10.1 Å². The first-order valence-electron chi connectivity index (χ1n) is 7.19. The zero-order chi connectivity index (χ0) is 18.2. The van der Waals surface area contributed by atoms with Gasteiger partial charge in [0.2, 0.25) is 0 Å². The molecule has 0 bridgehead atoms. The predicted octanol–water partition coefficient (Wildman–Crippen LogP) is 3.58. The monoisotopic (exact) mass is 426 g/mol. The number of nitrogens with zero attached hydrogens (tertiary/aromatic N) is 2. The highest BCUT2D eigenvalue weighted by molar-refractivity contribution is 9.10. The third kappa shape index (κ3) is 3.35. The second-order valence-electron chi connectivity index (χ2n) is 5.38. The maximum atomic E-state index is 13.6. The van der Waals surface area contributed by atoms with E-state index in [0.29, 0.717) is 6.07 Å². The van der Waals surface area contributed by atoms with Gasteiger partial charge in [0, 0.05) is 13.1 Å². The van der Waals surface area contributed by atoms with E-state index in [1.54, 1.807) is 6.08 Å². The molecule has 0 radical (unpaired) electrons. The Bertz CT molecular complexity index is 977. The summed E-state index contributed by atoms with van der Waals surface area (Å²) in [5.74, 6) is -0.893. The third-order valence-corrected chi connectivity index (χ3v) is 6.30. The van der Waals surface area contributed by atoms with Gasteiger partial charge in [0.15, 0.2) is 4.90 Å². The Labute approximate surface area is 151 Å². The number of hydrogen-bond acceptors (Lipinski definition) is 4. The molecule has 2 aromatic carbocycles. The van der Waals surface area contributed by atoms with E-state index in [4.69, 9.17) is 0 Å². The molecule has 1 aliphatic heterocycles. The van der Waals surface area contributed by atoms with Gasteiger partial charge in [0.05, 0.1) is 15.5 Å². The molecule has 0 fully saturated rings. The van der Waals surface area contributed by atoms with Crippen molar-refractivity contribution < 1.29 is 17.7 Å². The molecule has 0 spiro atoms. The number of hydrogen-bond donors (Lipinski definition) is 0. The molecule has 0 aromatic heterocycles. The quantitative estimate of drug-likeness (QED) is 0.552. The Morgan fingerprint density at radius 1 is 1.20 bits per heavy atom. The average Bonchev–Trinajstić information content (AvgIpc) is 3.08. The third-order valence-electron chi connectivity index (χ3n) is 3.85. The van der Waals surface area contributed by atoms with Gasteiger partial charge in [-0.25, -0.2) is 12.8 Å². The lowest BCUT2D eigenvalue weighted by Crippen LogP contribution is -2.29. The largest absolute Gasteiger partial charge is 0.292 e. The van der Waals surface area contributed by atoms with Crippen molar-refractivity contribution in [1.29, 1.82) is 0 Å². The Morgan fingerprint density at radius 3 is 2.52 bits per heavy atom. The van der Waals surface area contributed by atoms with E-state index in [9.17, 15) is 22.9 Å². The van der Waals surface area contributed by atoms with Crippen LogP contribution >= 0.6 is 15.9 Å². The van der Waals surface area contributed by atoms with Gasteiger partial charge in [0.1, 0.15) is 5.82 Å². The summed E-state index contributed by atoms with van der Waals surface area (Å²) < 4.78 is 40.3. The molecule has 0 amide bonds. The van der Waals surface area contributed by atoms with Crippen LogP contribution in [0.5, 0.6) is 0 Å². The van der Waals surface area contributed by atoms with Crippen LogP contribution in [0.3, 0.4) is 0 Å². The molecular formula is C16H12BrFN2O4S. The molecule has 3 rings (SSSR count). The minimum Gasteiger partial charge on any atom is -0.258 e. The van der Waals surface area contributed by atoms with Crippen LogP contribution < -0.4 is 0 Å². The lowest BCUT2D eigenvalue weighted by molar-refractivity contribution is -0.388. The maximum Gasteiger partial charge on any atom is 0.292 e. The molecule has 0 saturated carbocycles. The number of nitro groups is 1. The first-order chi connectivity index (χ1) is 11.8. The molecule has 2 aromatic rings. The highest BCUT2D eigenvalue weighted by atomic mass is 79.9. The number of halogens is 2. The van der Waals surface area contributed by atoms with Crippen molar-refractivity contribution in [3.05, 3.63) is 74.5 Å². The Balaban J connectivity index is 1.97. The first kappa shape index (κ1) is 17.7. The smallest absolute Gasteiger partial charge is 0.258 e. The van der Waals surface area contributed by atoms with Gasteiger partial charge in [-0.1, -0.05) is 36.4 Å². The zero-order valence-corrected chi connectivity index (χ0v) is 15.1. The van der Waals surface area contributed by atoms with E-state index in [-0.39, 0.29) is 17.6 Å². The van der Waals surface area contributed by atoms with Crippen molar-refractivity contribution in [3.63, 3.8) is 0 Å². The molecule has 25 heavy (non-hydrogen) atoms. The molecule has 0 atom stereocenters. The molecule has 1 aliphatic rings. The van der Waals surface area contributed by atoms with Gasteiger partial charge < -0.3 is 0 Å². The standard InChI is InChI=1S/C16H12BrFN2O4S/c17-13-8-16(15(20(21)22)9-14(13)18)25(23,24)19-7-6-12(10-19)11-4-2-1-3-5-11/h1-6,8-9H,7,10H2. The summed E-state index contributed by atoms with van der Waals surface area (Å²) >= 11 is 2.89. The molecule has 9 heteroatoms. The van der Waals surface area contributed by atoms with Gasteiger partial charge in [-0.05, 0) is 33.1 Å². The van der Waals surface area contributed by atoms with Gasteiger partial charge >= 0.3 is 0 Å². The van der Waals surface area contributed by atoms with E-state index in [2.05, 4.69) is 15.9 Å². The van der Waals surface area contributed by atoms with E-state index in [0.717, 1.165) is 21.5 Å². The summed E-state index contributed by atoms with van der Waals surface area (Å²) in [6, 6.07) is 10.8. The van der Waals surface area contributed by atoms with Gasteiger partial charge in [-0.3, -0.25) is 10.1 Å². The molecule has 6 nitrogen and oxygen atoms in total. The average molecular weight is 427 g/mol. The van der Waals surface area contributed by atoms with Crippen molar-refractivity contribution in [1.82, 2.24) is 4.31 Å². The second kappa shape index (κ2) is 6.66. The maximum absolute atomic E-state index is 13.6. The second-order valence-corrected chi connectivity index (χ2v) is 8.14. The van der Waals surface area contributed by atoms with E-state index < -0.39 is 31.3 Å². The van der Waals surface area contributed by atoms with Crippen molar-refractivity contribution in [2.75, 3.05) is 13.1 Å². The van der Waals surface area contributed by atoms with Crippen LogP contribution in [0.25, 0.3) is 5.57 Å². The highest BCUT2D eigenvalue weighted by Gasteiger charge is 2.35. The fourth-order valence-corrected chi connectivity index (χ4v) is 4.60. The number of rotatable bonds is 4. The molecule has 0 saturated heterocycles. The predicted molar refractivity (Wildman–Crippen MR) is 93.9 cm³/mol. The van der Waals surface area contributed by atoms with Crippen molar-refractivity contribution in [2.24, 2.45) is 0 Å². The topological polar surface area (TPSA) is 80.5 Å². The van der Waals surface area contributed by atoms with Crippen molar-refractivity contribution in [2.45, 2.75) is 4.90 Å². The van der Waals surface area contributed by atoms with Gasteiger partial charge in [-0.15, -0.1) is 0 Å². The van der Waals surface area contributed by atoms with Crippen LogP contribution in [0, 0.1) is 15.9 Å². The molecular weight excluding hydrogens is 415 g/mol. The molecule has 0 aliphatic carbocycles. The SMILES string of the molecule is O=[N+]([O-])c1cc(F)c(Br)cc1S(=O)(=O)N1CC=C(c2ccccc2)C1. The van der Waals surface area contributed by atoms with E-state index in [1.807, 2.05) is 30.3 Å². The summed E-state index contributed by atoms with van der Waals surface area (Å²) in [4.78, 5) is 9.73. The minimum absolute atomic E-state index is 0.0957. The van der Waals surface area contributed by atoms with Crippen molar-refractivity contribution >= 4 is 37.2 Å². The number of sulfonamides is 1. The summed E-state index contributed by atoms with van der Waals surface area (Å²) in [7, 11) is -4.15. The first-order valence-corrected chi connectivity index (χ1v) is 9.42. The van der Waals surface area contributed by atoms with Crippen LogP contribution in [-0.2, 0) is 10.0 Å². The van der Waals surface area contributed by atoms with Crippen molar-refractivity contribution in [3.8, 4) is 0 Å². The van der Waals surface area contributed by atoms with Crippen LogP contribution in [0.1, 0.15) is 5.56 Å². The lowest BCUT2D eigenvalue weighted by Gasteiger charge is -2.17. The number of benzene rings is 2. The molecule has 130 valence electrons. The molecule has 0 unspecified atom stereocenters. The summed E-state index contributed by atoms with van der Waals surface area (Å²) in [5, 5.41) is 11.2. The summed E-state index contributed by atoms with van der Waals surface area (Å²) in [5.41, 5.74) is 0.914. The van der Waals surface area contributed by atoms with Crippen LogP contribution in [0.2, 0.25) is 0 Å². The Kier molecular flexibility index (Phi) is 4.72. The normalized spacial score (nSPS) is 15.2. The minimum atomic E-state index is -4.15. The number of nitro benzene ring substituents is 1. The Hall–Kier alpha value is -2.10. The van der Waals surface area contributed by atoms with Gasteiger partial charge in [0.25, 0.3) is 15.7 Å². The Morgan fingerprint density at radius 2 is 1.88 bits per heavy atom. The fourth-order valence-electron chi connectivity index (χ4n) is 2.58. The summed E-state index contributed by atoms with van der Waals surface area (Å²) in [6.45, 7) is 0.192. The van der Waals surface area contributed by atoms with Crippen LogP contribution in [0.15, 0.2) is 57.9 Å². The lowest BCUT2D eigenvalue weighted by atomic mass is 10.1.